The number of amides is 2. The number of benzene rings is 3. The molecule has 0 fully saturated rings. The summed E-state index contributed by atoms with van der Waals surface area (Å²) in [5.41, 5.74) is 4.04. The summed E-state index contributed by atoms with van der Waals surface area (Å²) < 4.78 is 11.4. The molecule has 36 heavy (non-hydrogen) atoms. The molecule has 10 heteroatoms. The number of rotatable bonds is 11. The van der Waals surface area contributed by atoms with Crippen LogP contribution in [0.15, 0.2) is 82.4 Å². The highest BCUT2D eigenvalue weighted by Crippen LogP contribution is 2.25. The van der Waals surface area contributed by atoms with Crippen LogP contribution in [0, 0.1) is 11.3 Å². The number of nitriles is 1. The molecular formula is C26H22BrClN4O4. The Morgan fingerprint density at radius 2 is 1.83 bits per heavy atom. The number of hydrogen-bond acceptors (Lipinski definition) is 6. The number of hydrazone groups is 1. The highest BCUT2D eigenvalue weighted by Gasteiger charge is 2.21. The lowest BCUT2D eigenvalue weighted by Gasteiger charge is -2.17. The fourth-order valence-corrected chi connectivity index (χ4v) is 3.68. The smallest absolute Gasteiger partial charge is 0.262 e. The summed E-state index contributed by atoms with van der Waals surface area (Å²) in [5, 5.41) is 15.9. The van der Waals surface area contributed by atoms with E-state index >= 15 is 0 Å². The minimum atomic E-state index is -0.876. The molecule has 0 radical (unpaired) electrons. The predicted molar refractivity (Wildman–Crippen MR) is 140 cm³/mol. The molecule has 0 aromatic heterocycles. The summed E-state index contributed by atoms with van der Waals surface area (Å²) in [6, 6.07) is 22.1. The van der Waals surface area contributed by atoms with Crippen molar-refractivity contribution < 1.29 is 19.1 Å². The molecule has 3 aromatic rings. The fraction of sp³-hybridized carbons (Fsp3) is 0.154. The number of ether oxygens (including phenoxy) is 2. The summed E-state index contributed by atoms with van der Waals surface area (Å²) in [6.07, 6.45) is 1.73. The van der Waals surface area contributed by atoms with Crippen LogP contribution in [0.25, 0.3) is 0 Å². The Kier molecular flexibility index (Phi) is 10.3. The molecule has 184 valence electrons. The second-order valence-electron chi connectivity index (χ2n) is 7.42. The zero-order valence-electron chi connectivity index (χ0n) is 19.0. The number of nitrogens with zero attached hydrogens (tertiary/aromatic N) is 2. The van der Waals surface area contributed by atoms with E-state index in [9.17, 15) is 9.59 Å². The second-order valence-corrected chi connectivity index (χ2v) is 8.71. The van der Waals surface area contributed by atoms with Gasteiger partial charge in [-0.2, -0.15) is 10.4 Å². The Balaban J connectivity index is 1.61. The Hall–Kier alpha value is -3.87. The van der Waals surface area contributed by atoms with Gasteiger partial charge in [-0.05, 0) is 69.5 Å². The van der Waals surface area contributed by atoms with Gasteiger partial charge in [-0.25, -0.2) is 5.43 Å². The fourth-order valence-electron chi connectivity index (χ4n) is 3.05. The summed E-state index contributed by atoms with van der Waals surface area (Å²) in [5.74, 6) is 0.0625. The van der Waals surface area contributed by atoms with Gasteiger partial charge in [0.2, 0.25) is 0 Å². The van der Waals surface area contributed by atoms with Gasteiger partial charge < -0.3 is 14.8 Å². The summed E-state index contributed by atoms with van der Waals surface area (Å²) in [4.78, 5) is 25.4. The lowest BCUT2D eigenvalue weighted by molar-refractivity contribution is -0.130. The molecule has 0 aliphatic rings. The van der Waals surface area contributed by atoms with Gasteiger partial charge in [0.05, 0.1) is 10.7 Å². The molecule has 8 nitrogen and oxygen atoms in total. The van der Waals surface area contributed by atoms with E-state index in [0.717, 1.165) is 5.56 Å². The van der Waals surface area contributed by atoms with Crippen LogP contribution >= 0.6 is 27.5 Å². The van der Waals surface area contributed by atoms with Gasteiger partial charge in [-0.3, -0.25) is 9.59 Å². The molecule has 0 aliphatic carbocycles. The van der Waals surface area contributed by atoms with Crippen molar-refractivity contribution in [2.45, 2.75) is 12.5 Å². The maximum atomic E-state index is 12.9. The van der Waals surface area contributed by atoms with Gasteiger partial charge in [-0.15, -0.1) is 0 Å². The lowest BCUT2D eigenvalue weighted by Crippen LogP contribution is -2.48. The zero-order chi connectivity index (χ0) is 25.8. The molecule has 0 saturated heterocycles. The largest absolute Gasteiger partial charge is 0.484 e. The highest BCUT2D eigenvalue weighted by molar-refractivity contribution is 9.10. The normalized spacial score (nSPS) is 11.4. The topological polar surface area (TPSA) is 113 Å². The third-order valence-electron chi connectivity index (χ3n) is 4.75. The maximum absolute atomic E-state index is 12.9. The van der Waals surface area contributed by atoms with Crippen LogP contribution in [0.3, 0.4) is 0 Å². The molecule has 0 unspecified atom stereocenters. The summed E-state index contributed by atoms with van der Waals surface area (Å²) in [6.45, 7) is -0.334. The third kappa shape index (κ3) is 8.73. The van der Waals surface area contributed by atoms with E-state index < -0.39 is 17.9 Å². The predicted octanol–water partition coefficient (Wildman–Crippen LogP) is 4.26. The number of nitrogens with one attached hydrogen (secondary N) is 2. The maximum Gasteiger partial charge on any atom is 0.262 e. The van der Waals surface area contributed by atoms with E-state index in [0.29, 0.717) is 26.6 Å². The average Bonchev–Trinajstić information content (AvgIpc) is 2.88. The van der Waals surface area contributed by atoms with E-state index in [1.54, 1.807) is 42.5 Å². The van der Waals surface area contributed by atoms with E-state index in [2.05, 4.69) is 31.8 Å². The minimum Gasteiger partial charge on any atom is -0.484 e. The minimum absolute atomic E-state index is 0.0681. The van der Waals surface area contributed by atoms with Crippen molar-refractivity contribution in [2.24, 2.45) is 5.10 Å². The van der Waals surface area contributed by atoms with Crippen LogP contribution in [0.2, 0.25) is 5.02 Å². The van der Waals surface area contributed by atoms with E-state index in [1.165, 1.54) is 6.21 Å². The van der Waals surface area contributed by atoms with Crippen LogP contribution in [0.5, 0.6) is 11.5 Å². The van der Waals surface area contributed by atoms with Crippen molar-refractivity contribution in [3.05, 3.63) is 93.4 Å². The van der Waals surface area contributed by atoms with Crippen molar-refractivity contribution in [2.75, 3.05) is 13.2 Å². The Bertz CT molecular complexity index is 1250. The zero-order valence-corrected chi connectivity index (χ0v) is 21.3. The molecule has 3 aromatic carbocycles. The lowest BCUT2D eigenvalue weighted by atomic mass is 10.1. The third-order valence-corrected chi connectivity index (χ3v) is 5.63. The van der Waals surface area contributed by atoms with Crippen molar-refractivity contribution >= 4 is 45.6 Å². The first kappa shape index (κ1) is 26.7. The van der Waals surface area contributed by atoms with Crippen molar-refractivity contribution in [1.29, 1.82) is 5.26 Å². The number of carbonyl (C=O) groups is 2. The number of hydrogen-bond donors (Lipinski definition) is 2. The molecule has 2 N–H and O–H groups in total. The SMILES string of the molecule is N#CCOc1ccc(/C=N\NC(=O)[C@H](Cc2ccccc2)NC(=O)COc2ccc(Cl)cc2)cc1Br. The van der Waals surface area contributed by atoms with Crippen molar-refractivity contribution in [1.82, 2.24) is 10.7 Å². The van der Waals surface area contributed by atoms with Crippen LogP contribution < -0.4 is 20.2 Å². The molecule has 0 heterocycles. The monoisotopic (exact) mass is 568 g/mol. The molecule has 0 bridgehead atoms. The molecular weight excluding hydrogens is 548 g/mol. The first-order valence-corrected chi connectivity index (χ1v) is 12.0. The van der Waals surface area contributed by atoms with Crippen molar-refractivity contribution in [3.8, 4) is 17.6 Å². The molecule has 0 spiro atoms. The van der Waals surface area contributed by atoms with Gasteiger partial charge in [0.1, 0.15) is 23.6 Å². The highest BCUT2D eigenvalue weighted by atomic mass is 79.9. The second kappa shape index (κ2) is 13.9. The quantitative estimate of drug-likeness (QED) is 0.265. The van der Waals surface area contributed by atoms with Gasteiger partial charge in [0.25, 0.3) is 11.8 Å². The Morgan fingerprint density at radius 3 is 2.53 bits per heavy atom. The van der Waals surface area contributed by atoms with Crippen LogP contribution in [0.4, 0.5) is 0 Å². The van der Waals surface area contributed by atoms with E-state index in [4.69, 9.17) is 26.3 Å². The van der Waals surface area contributed by atoms with Gasteiger partial charge in [0.15, 0.2) is 13.2 Å². The van der Waals surface area contributed by atoms with Crippen molar-refractivity contribution in [3.63, 3.8) is 0 Å². The van der Waals surface area contributed by atoms with Gasteiger partial charge in [-0.1, -0.05) is 41.9 Å². The summed E-state index contributed by atoms with van der Waals surface area (Å²) >= 11 is 9.23. The Morgan fingerprint density at radius 1 is 1.08 bits per heavy atom. The van der Waals surface area contributed by atoms with Gasteiger partial charge in [0, 0.05) is 11.4 Å². The first-order chi connectivity index (χ1) is 17.4. The Labute approximate surface area is 222 Å². The number of halogens is 2. The average molecular weight is 570 g/mol. The van der Waals surface area contributed by atoms with Crippen LogP contribution in [0.1, 0.15) is 11.1 Å². The molecule has 2 amide bonds. The van der Waals surface area contributed by atoms with E-state index in [-0.39, 0.29) is 19.6 Å². The number of carbonyl (C=O) groups excluding carboxylic acids is 2. The van der Waals surface area contributed by atoms with E-state index in [1.807, 2.05) is 36.4 Å². The molecule has 0 saturated carbocycles. The molecule has 3 rings (SSSR count). The summed E-state index contributed by atoms with van der Waals surface area (Å²) in [7, 11) is 0. The molecule has 1 atom stereocenters. The molecule has 0 aliphatic heterocycles. The van der Waals surface area contributed by atoms with Crippen LogP contribution in [-0.2, 0) is 16.0 Å². The van der Waals surface area contributed by atoms with Crippen LogP contribution in [-0.4, -0.2) is 37.3 Å². The standard InChI is InChI=1S/C26H22BrClN4O4/c27-22-14-19(6-11-24(22)35-13-12-29)16-30-32-26(34)23(15-18-4-2-1-3-5-18)31-25(33)17-36-21-9-7-20(28)8-10-21/h1-11,14,16,23H,13,15,17H2,(H,31,33)(H,32,34)/b30-16-/t23-/m0/s1. The van der Waals surface area contributed by atoms with Gasteiger partial charge >= 0.3 is 0 Å². The first-order valence-electron chi connectivity index (χ1n) is 10.8.